The summed E-state index contributed by atoms with van der Waals surface area (Å²) in [6.45, 7) is 8.54. The highest BCUT2D eigenvalue weighted by atomic mass is 32.2. The fourth-order valence-electron chi connectivity index (χ4n) is 3.62. The third-order valence-electron chi connectivity index (χ3n) is 5.55. The van der Waals surface area contributed by atoms with Crippen molar-refractivity contribution in [2.75, 3.05) is 39.3 Å². The van der Waals surface area contributed by atoms with Crippen molar-refractivity contribution in [3.05, 3.63) is 59.2 Å². The second-order valence-corrected chi connectivity index (χ2v) is 10.5. The van der Waals surface area contributed by atoms with Gasteiger partial charge in [0, 0.05) is 32.7 Å². The maximum Gasteiger partial charge on any atom is 0.490 e. The molecule has 1 saturated heterocycles. The summed E-state index contributed by atoms with van der Waals surface area (Å²) < 4.78 is 65.9. The standard InChI is InChI=1S/C23H31N3O4S.C2HF3O2/c1-4-30-21-7-5-6-20(15-21)16-26(17-23(27)25-12-10-24-11-13-25)31(28,29)22-14-18(2)8-9-19(22)3;3-2(4,5)1(6)7/h5-9,14-15,24H,4,10-13,16-17H2,1-3H3;(H,6,7). The average molecular weight is 560 g/mol. The summed E-state index contributed by atoms with van der Waals surface area (Å²) in [7, 11) is -3.88. The number of carbonyl (C=O) groups is 2. The first-order chi connectivity index (χ1) is 17.8. The summed E-state index contributed by atoms with van der Waals surface area (Å²) in [6.07, 6.45) is -5.08. The number of hydrogen-bond acceptors (Lipinski definition) is 6. The number of hydrogen-bond donors (Lipinski definition) is 2. The molecule has 0 bridgehead atoms. The lowest BCUT2D eigenvalue weighted by Gasteiger charge is -2.30. The van der Waals surface area contributed by atoms with Crippen LogP contribution in [0.2, 0.25) is 0 Å². The highest BCUT2D eigenvalue weighted by Crippen LogP contribution is 2.24. The molecule has 1 heterocycles. The Kier molecular flexibility index (Phi) is 11.1. The third-order valence-corrected chi connectivity index (χ3v) is 7.49. The maximum atomic E-state index is 13.7. The van der Waals surface area contributed by atoms with E-state index < -0.39 is 22.2 Å². The lowest BCUT2D eigenvalue weighted by atomic mass is 10.2. The van der Waals surface area contributed by atoms with Crippen molar-refractivity contribution in [1.82, 2.24) is 14.5 Å². The van der Waals surface area contributed by atoms with Crippen LogP contribution in [-0.4, -0.2) is 80.1 Å². The second kappa shape index (κ2) is 13.6. The predicted molar refractivity (Wildman–Crippen MR) is 134 cm³/mol. The molecule has 0 radical (unpaired) electrons. The Hall–Kier alpha value is -3.16. The van der Waals surface area contributed by atoms with E-state index in [9.17, 15) is 26.4 Å². The summed E-state index contributed by atoms with van der Waals surface area (Å²) >= 11 is 0. The van der Waals surface area contributed by atoms with Gasteiger partial charge in [-0.2, -0.15) is 17.5 Å². The lowest BCUT2D eigenvalue weighted by Crippen LogP contribution is -2.50. The van der Waals surface area contributed by atoms with Gasteiger partial charge in [0.05, 0.1) is 18.0 Å². The minimum absolute atomic E-state index is 0.0917. The molecule has 1 amide bonds. The number of amides is 1. The van der Waals surface area contributed by atoms with Crippen molar-refractivity contribution in [3.8, 4) is 5.75 Å². The number of nitrogens with one attached hydrogen (secondary N) is 1. The number of benzene rings is 2. The smallest absolute Gasteiger partial charge is 0.490 e. The van der Waals surface area contributed by atoms with E-state index >= 15 is 0 Å². The molecule has 0 saturated carbocycles. The van der Waals surface area contributed by atoms with Gasteiger partial charge < -0.3 is 20.1 Å². The van der Waals surface area contributed by atoms with Gasteiger partial charge in [0.2, 0.25) is 15.9 Å². The normalized spacial score (nSPS) is 14.0. The van der Waals surface area contributed by atoms with E-state index in [1.807, 2.05) is 44.2 Å². The number of ether oxygens (including phenoxy) is 1. The molecule has 1 aliphatic heterocycles. The molecule has 1 fully saturated rings. The summed E-state index contributed by atoms with van der Waals surface area (Å²) in [5.41, 5.74) is 2.29. The number of carboxylic acid groups (broad SMARTS) is 1. The van der Waals surface area contributed by atoms with Crippen LogP contribution in [0.1, 0.15) is 23.6 Å². The molecule has 38 heavy (non-hydrogen) atoms. The van der Waals surface area contributed by atoms with Crippen LogP contribution in [0.3, 0.4) is 0 Å². The predicted octanol–water partition coefficient (Wildman–Crippen LogP) is 2.96. The number of aryl methyl sites for hydroxylation is 2. The van der Waals surface area contributed by atoms with E-state index in [1.54, 1.807) is 24.0 Å². The third kappa shape index (κ3) is 8.99. The number of rotatable bonds is 8. The van der Waals surface area contributed by atoms with Crippen molar-refractivity contribution in [2.45, 2.75) is 38.4 Å². The first-order valence-corrected chi connectivity index (χ1v) is 13.3. The average Bonchev–Trinajstić information content (AvgIpc) is 2.86. The van der Waals surface area contributed by atoms with Crippen molar-refractivity contribution in [3.63, 3.8) is 0 Å². The second-order valence-electron chi connectivity index (χ2n) is 8.56. The van der Waals surface area contributed by atoms with Gasteiger partial charge in [-0.05, 0) is 55.7 Å². The molecule has 0 unspecified atom stereocenters. The Balaban J connectivity index is 0.000000638. The van der Waals surface area contributed by atoms with Crippen LogP contribution in [0.25, 0.3) is 0 Å². The Labute approximate surface area is 220 Å². The van der Waals surface area contributed by atoms with Crippen LogP contribution < -0.4 is 10.1 Å². The number of alkyl halides is 3. The molecular formula is C25H32F3N3O6S. The molecule has 0 aliphatic carbocycles. The van der Waals surface area contributed by atoms with E-state index in [4.69, 9.17) is 14.6 Å². The van der Waals surface area contributed by atoms with Gasteiger partial charge in [0.15, 0.2) is 0 Å². The van der Waals surface area contributed by atoms with E-state index in [0.29, 0.717) is 44.1 Å². The number of aliphatic carboxylic acids is 1. The first-order valence-electron chi connectivity index (χ1n) is 11.8. The van der Waals surface area contributed by atoms with Gasteiger partial charge in [-0.3, -0.25) is 4.79 Å². The van der Waals surface area contributed by atoms with Crippen molar-refractivity contribution in [2.24, 2.45) is 0 Å². The SMILES string of the molecule is CCOc1cccc(CN(CC(=O)N2CCNCC2)S(=O)(=O)c2cc(C)ccc2C)c1.O=C(O)C(F)(F)F. The molecule has 3 rings (SSSR count). The highest BCUT2D eigenvalue weighted by molar-refractivity contribution is 7.89. The summed E-state index contributed by atoms with van der Waals surface area (Å²) in [6, 6.07) is 12.7. The van der Waals surface area contributed by atoms with Gasteiger partial charge in [-0.1, -0.05) is 24.3 Å². The Morgan fingerprint density at radius 1 is 1.11 bits per heavy atom. The van der Waals surface area contributed by atoms with Gasteiger partial charge in [-0.25, -0.2) is 13.2 Å². The topological polar surface area (TPSA) is 116 Å². The largest absolute Gasteiger partial charge is 0.494 e. The number of halogens is 3. The number of piperazine rings is 1. The molecule has 0 aromatic heterocycles. The molecule has 0 atom stereocenters. The fraction of sp³-hybridized carbons (Fsp3) is 0.440. The summed E-state index contributed by atoms with van der Waals surface area (Å²) in [5.74, 6) is -2.26. The zero-order valence-corrected chi connectivity index (χ0v) is 22.2. The van der Waals surface area contributed by atoms with Crippen LogP contribution in [-0.2, 0) is 26.2 Å². The zero-order chi connectivity index (χ0) is 28.5. The van der Waals surface area contributed by atoms with Gasteiger partial charge >= 0.3 is 12.1 Å². The monoisotopic (exact) mass is 559 g/mol. The maximum absolute atomic E-state index is 13.7. The molecule has 210 valence electrons. The van der Waals surface area contributed by atoms with Crippen LogP contribution in [0.15, 0.2) is 47.4 Å². The van der Waals surface area contributed by atoms with Crippen LogP contribution in [0, 0.1) is 13.8 Å². The quantitative estimate of drug-likeness (QED) is 0.511. The fourth-order valence-corrected chi connectivity index (χ4v) is 5.31. The number of sulfonamides is 1. The van der Waals surface area contributed by atoms with E-state index in [-0.39, 0.29) is 23.9 Å². The first kappa shape index (κ1) is 31.1. The summed E-state index contributed by atoms with van der Waals surface area (Å²) in [4.78, 5) is 23.8. The van der Waals surface area contributed by atoms with Crippen LogP contribution in [0.4, 0.5) is 13.2 Å². The highest BCUT2D eigenvalue weighted by Gasteiger charge is 2.38. The lowest BCUT2D eigenvalue weighted by molar-refractivity contribution is -0.192. The van der Waals surface area contributed by atoms with Gasteiger partial charge in [0.1, 0.15) is 5.75 Å². The Bertz CT molecular complexity index is 1220. The summed E-state index contributed by atoms with van der Waals surface area (Å²) in [5, 5.41) is 10.3. The van der Waals surface area contributed by atoms with Crippen molar-refractivity contribution >= 4 is 21.9 Å². The van der Waals surface area contributed by atoms with E-state index in [0.717, 1.165) is 11.1 Å². The molecule has 2 aromatic rings. The minimum Gasteiger partial charge on any atom is -0.494 e. The van der Waals surface area contributed by atoms with E-state index in [1.165, 1.54) is 4.31 Å². The van der Waals surface area contributed by atoms with E-state index in [2.05, 4.69) is 5.32 Å². The molecule has 13 heteroatoms. The number of carboxylic acids is 1. The van der Waals surface area contributed by atoms with Crippen LogP contribution in [0.5, 0.6) is 5.75 Å². The Morgan fingerprint density at radius 2 is 1.74 bits per heavy atom. The molecule has 2 aromatic carbocycles. The molecule has 9 nitrogen and oxygen atoms in total. The van der Waals surface area contributed by atoms with Crippen molar-refractivity contribution in [1.29, 1.82) is 0 Å². The van der Waals surface area contributed by atoms with Crippen LogP contribution >= 0.6 is 0 Å². The minimum atomic E-state index is -5.08. The molecule has 2 N–H and O–H groups in total. The molecular weight excluding hydrogens is 527 g/mol. The number of carbonyl (C=O) groups excluding carboxylic acids is 1. The zero-order valence-electron chi connectivity index (χ0n) is 21.4. The molecule has 1 aliphatic rings. The van der Waals surface area contributed by atoms with Gasteiger partial charge in [0.25, 0.3) is 0 Å². The van der Waals surface area contributed by atoms with Crippen molar-refractivity contribution < 1.29 is 41.0 Å². The van der Waals surface area contributed by atoms with Gasteiger partial charge in [-0.15, -0.1) is 0 Å². The molecule has 0 spiro atoms. The Morgan fingerprint density at radius 3 is 2.32 bits per heavy atom. The number of nitrogens with zero attached hydrogens (tertiary/aromatic N) is 2.